The van der Waals surface area contributed by atoms with Gasteiger partial charge in [-0.3, -0.25) is 9.59 Å². The van der Waals surface area contributed by atoms with E-state index in [2.05, 4.69) is 17.0 Å². The van der Waals surface area contributed by atoms with Crippen LogP contribution in [0.1, 0.15) is 50.2 Å². The lowest BCUT2D eigenvalue weighted by Gasteiger charge is -2.24. The third-order valence-electron chi connectivity index (χ3n) is 7.89. The number of thioether (sulfide) groups is 1. The van der Waals surface area contributed by atoms with Gasteiger partial charge in [0.2, 0.25) is 5.91 Å². The number of carbonyl (C=O) groups is 2. The molecular weight excluding hydrogens is 500 g/mol. The number of primary amides is 1. The Hall–Kier alpha value is -3.20. The van der Waals surface area contributed by atoms with Crippen LogP contribution in [0.5, 0.6) is 11.5 Å². The van der Waals surface area contributed by atoms with Gasteiger partial charge in [-0.05, 0) is 73.9 Å². The van der Waals surface area contributed by atoms with Crippen molar-refractivity contribution in [1.82, 2.24) is 5.01 Å². The van der Waals surface area contributed by atoms with Crippen LogP contribution < -0.4 is 20.1 Å². The van der Waals surface area contributed by atoms with Gasteiger partial charge in [-0.25, -0.2) is 5.01 Å². The van der Waals surface area contributed by atoms with Crippen molar-refractivity contribution in [3.8, 4) is 11.5 Å². The number of anilines is 1. The van der Waals surface area contributed by atoms with Crippen LogP contribution >= 0.6 is 11.8 Å². The molecule has 1 saturated carbocycles. The van der Waals surface area contributed by atoms with Gasteiger partial charge in [0.1, 0.15) is 0 Å². The zero-order valence-corrected chi connectivity index (χ0v) is 22.9. The zero-order chi connectivity index (χ0) is 26.6. The first-order valence-corrected chi connectivity index (χ1v) is 14.4. The van der Waals surface area contributed by atoms with E-state index >= 15 is 0 Å². The first-order valence-electron chi connectivity index (χ1n) is 13.4. The number of nitrogens with two attached hydrogens (primary N) is 1. The number of hydrazone groups is 1. The number of rotatable bonds is 9. The highest BCUT2D eigenvalue weighted by molar-refractivity contribution is 8.14. The first-order chi connectivity index (χ1) is 18.4. The summed E-state index contributed by atoms with van der Waals surface area (Å²) in [6.07, 6.45) is 5.71. The molecule has 0 aromatic heterocycles. The van der Waals surface area contributed by atoms with Crippen LogP contribution in [0, 0.1) is 11.8 Å². The second-order valence-electron chi connectivity index (χ2n) is 10.4. The molecule has 8 nitrogen and oxygen atoms in total. The van der Waals surface area contributed by atoms with E-state index in [-0.39, 0.29) is 29.1 Å². The molecule has 2 aliphatic heterocycles. The highest BCUT2D eigenvalue weighted by Gasteiger charge is 2.30. The molecule has 2 atom stereocenters. The molecule has 2 heterocycles. The number of ether oxygens (including phenoxy) is 2. The summed E-state index contributed by atoms with van der Waals surface area (Å²) in [5.74, 6) is 1.89. The van der Waals surface area contributed by atoms with E-state index in [0.717, 1.165) is 60.6 Å². The molecule has 202 valence electrons. The average Bonchev–Trinajstić information content (AvgIpc) is 3.63. The molecule has 2 amide bonds. The highest BCUT2D eigenvalue weighted by atomic mass is 32.2. The lowest BCUT2D eigenvalue weighted by atomic mass is 9.93. The summed E-state index contributed by atoms with van der Waals surface area (Å²) in [6, 6.07) is 14.1. The van der Waals surface area contributed by atoms with Crippen LogP contribution in [-0.2, 0) is 11.3 Å². The maximum absolute atomic E-state index is 12.7. The third-order valence-corrected chi connectivity index (χ3v) is 8.77. The van der Waals surface area contributed by atoms with Crippen molar-refractivity contribution in [3.05, 3.63) is 53.6 Å². The van der Waals surface area contributed by atoms with Crippen LogP contribution in [0.25, 0.3) is 0 Å². The van der Waals surface area contributed by atoms with Gasteiger partial charge in [-0.1, -0.05) is 30.8 Å². The van der Waals surface area contributed by atoms with Crippen molar-refractivity contribution >= 4 is 34.3 Å². The Bertz CT molecular complexity index is 1200. The van der Waals surface area contributed by atoms with Gasteiger partial charge in [-0.15, -0.1) is 0 Å². The molecule has 0 spiro atoms. The summed E-state index contributed by atoms with van der Waals surface area (Å²) in [6.45, 7) is 4.05. The van der Waals surface area contributed by atoms with Gasteiger partial charge in [0.15, 0.2) is 11.5 Å². The predicted molar refractivity (Wildman–Crippen MR) is 151 cm³/mol. The van der Waals surface area contributed by atoms with E-state index < -0.39 is 0 Å². The summed E-state index contributed by atoms with van der Waals surface area (Å²) in [5.41, 5.74) is 9.41. The molecule has 1 aliphatic carbocycles. The molecule has 0 bridgehead atoms. The van der Waals surface area contributed by atoms with Crippen molar-refractivity contribution in [2.24, 2.45) is 22.7 Å². The van der Waals surface area contributed by atoms with E-state index in [1.807, 2.05) is 37.3 Å². The van der Waals surface area contributed by atoms with E-state index in [1.54, 1.807) is 12.1 Å². The molecule has 1 saturated heterocycles. The summed E-state index contributed by atoms with van der Waals surface area (Å²) in [5, 5.41) is 6.22. The van der Waals surface area contributed by atoms with E-state index in [1.165, 1.54) is 24.6 Å². The van der Waals surface area contributed by atoms with Gasteiger partial charge >= 0.3 is 5.24 Å². The smallest absolute Gasteiger partial charge is 0.302 e. The number of nitrogens with zero attached hydrogens (tertiary/aromatic N) is 3. The topological polar surface area (TPSA) is 97.5 Å². The molecule has 2 aromatic rings. The molecular formula is C29H36N4O4S. The molecule has 2 aromatic carbocycles. The number of carbonyl (C=O) groups excluding carboxylic acids is 2. The van der Waals surface area contributed by atoms with Gasteiger partial charge in [0.25, 0.3) is 0 Å². The summed E-state index contributed by atoms with van der Waals surface area (Å²) >= 11 is 1.26. The fraction of sp³-hybridized carbons (Fsp3) is 0.483. The molecule has 0 radical (unpaired) electrons. The Kier molecular flexibility index (Phi) is 8.12. The minimum atomic E-state index is -0.233. The van der Waals surface area contributed by atoms with Crippen LogP contribution in [0.2, 0.25) is 0 Å². The van der Waals surface area contributed by atoms with Gasteiger partial charge in [-0.2, -0.15) is 5.10 Å². The molecule has 9 heteroatoms. The Morgan fingerprint density at radius 1 is 1.13 bits per heavy atom. The molecule has 3 aliphatic rings. The minimum absolute atomic E-state index is 0.0587. The average molecular weight is 537 g/mol. The number of hydrogen-bond acceptors (Lipinski definition) is 7. The van der Waals surface area contributed by atoms with Crippen LogP contribution in [0.4, 0.5) is 10.5 Å². The number of methoxy groups -OCH3 is 1. The molecule has 38 heavy (non-hydrogen) atoms. The van der Waals surface area contributed by atoms with Crippen LogP contribution in [0.3, 0.4) is 0 Å². The third kappa shape index (κ3) is 5.93. The Labute approximate surface area is 228 Å². The summed E-state index contributed by atoms with van der Waals surface area (Å²) in [4.78, 5) is 26.6. The number of hydrogen-bond donors (Lipinski definition) is 1. The SMILES string of the molecule is COc1ccc(C2=NN(Cc3ccc(N4CCC(C(C)C(N)=O)C4)cc3)C(=O)SC2)cc1OC1CCCC1. The second kappa shape index (κ2) is 11.7. The van der Waals surface area contributed by atoms with Crippen molar-refractivity contribution in [2.75, 3.05) is 30.9 Å². The van der Waals surface area contributed by atoms with Gasteiger partial charge < -0.3 is 20.1 Å². The maximum atomic E-state index is 12.7. The Morgan fingerprint density at radius 2 is 1.89 bits per heavy atom. The minimum Gasteiger partial charge on any atom is -0.493 e. The van der Waals surface area contributed by atoms with E-state index in [0.29, 0.717) is 18.0 Å². The standard InChI is InChI=1S/C29H36N4O4S/c1-19(28(30)34)22-13-14-32(17-22)23-10-7-20(8-11-23)16-33-29(35)38-18-25(31-33)21-9-12-26(36-2)27(15-21)37-24-5-3-4-6-24/h7-12,15,19,22,24H,3-6,13-14,16-18H2,1-2H3,(H2,30,34). The van der Waals surface area contributed by atoms with E-state index in [9.17, 15) is 9.59 Å². The fourth-order valence-corrected chi connectivity index (χ4v) is 6.18. The lowest BCUT2D eigenvalue weighted by Crippen LogP contribution is -2.30. The van der Waals surface area contributed by atoms with E-state index in [4.69, 9.17) is 20.3 Å². The molecule has 2 unspecified atom stereocenters. The zero-order valence-electron chi connectivity index (χ0n) is 22.1. The summed E-state index contributed by atoms with van der Waals surface area (Å²) < 4.78 is 11.8. The largest absolute Gasteiger partial charge is 0.493 e. The predicted octanol–water partition coefficient (Wildman–Crippen LogP) is 5.04. The lowest BCUT2D eigenvalue weighted by molar-refractivity contribution is -0.122. The van der Waals surface area contributed by atoms with Crippen LogP contribution in [-0.4, -0.2) is 53.9 Å². The maximum Gasteiger partial charge on any atom is 0.302 e. The normalized spacial score (nSPS) is 20.9. The first kappa shape index (κ1) is 26.4. The van der Waals surface area contributed by atoms with Crippen molar-refractivity contribution < 1.29 is 19.1 Å². The second-order valence-corrected chi connectivity index (χ2v) is 11.3. The molecule has 2 fully saturated rings. The molecule has 2 N–H and O–H groups in total. The Balaban J connectivity index is 1.27. The van der Waals surface area contributed by atoms with Crippen molar-refractivity contribution in [2.45, 2.75) is 51.7 Å². The number of amides is 2. The molecule has 5 rings (SSSR count). The van der Waals surface area contributed by atoms with Crippen LogP contribution in [0.15, 0.2) is 47.6 Å². The Morgan fingerprint density at radius 3 is 2.61 bits per heavy atom. The number of benzene rings is 2. The summed E-state index contributed by atoms with van der Waals surface area (Å²) in [7, 11) is 1.65. The quantitative estimate of drug-likeness (QED) is 0.482. The van der Waals surface area contributed by atoms with Crippen molar-refractivity contribution in [1.29, 1.82) is 0 Å². The van der Waals surface area contributed by atoms with Gasteiger partial charge in [0.05, 0.1) is 25.5 Å². The highest BCUT2D eigenvalue weighted by Crippen LogP contribution is 2.34. The fourth-order valence-electron chi connectivity index (χ4n) is 5.44. The van der Waals surface area contributed by atoms with Gasteiger partial charge in [0, 0.05) is 36.0 Å². The monoisotopic (exact) mass is 536 g/mol. The van der Waals surface area contributed by atoms with Crippen molar-refractivity contribution in [3.63, 3.8) is 0 Å².